The van der Waals surface area contributed by atoms with Gasteiger partial charge >= 0.3 is 0 Å². The van der Waals surface area contributed by atoms with Crippen molar-refractivity contribution in [3.63, 3.8) is 0 Å². The predicted molar refractivity (Wildman–Crippen MR) is 56.1 cm³/mol. The van der Waals surface area contributed by atoms with Crippen LogP contribution in [-0.2, 0) is 4.79 Å². The maximum Gasteiger partial charge on any atom is 0.239 e. The van der Waals surface area contributed by atoms with Crippen molar-refractivity contribution in [2.75, 3.05) is 13.1 Å². The van der Waals surface area contributed by atoms with Gasteiger partial charge in [0.05, 0.1) is 6.04 Å². The van der Waals surface area contributed by atoms with Gasteiger partial charge in [0.25, 0.3) is 0 Å². The van der Waals surface area contributed by atoms with Gasteiger partial charge in [-0.25, -0.2) is 0 Å². The second-order valence-electron chi connectivity index (χ2n) is 4.50. The Morgan fingerprint density at radius 2 is 2.00 bits per heavy atom. The van der Waals surface area contributed by atoms with Crippen LogP contribution in [0.2, 0.25) is 0 Å². The second kappa shape index (κ2) is 4.30. The van der Waals surface area contributed by atoms with E-state index in [-0.39, 0.29) is 6.04 Å². The van der Waals surface area contributed by atoms with E-state index >= 15 is 0 Å². The number of carbonyl (C=O) groups is 1. The standard InChI is InChI=1S/C11H20N2O/c1-9-11(14)13(8-7-12-9)10-5-3-2-4-6-10/h9-10,12H,2-8H2,1H3. The Kier molecular flexibility index (Phi) is 3.06. The van der Waals surface area contributed by atoms with E-state index in [0.29, 0.717) is 11.9 Å². The molecule has 2 fully saturated rings. The van der Waals surface area contributed by atoms with Crippen molar-refractivity contribution >= 4 is 5.91 Å². The van der Waals surface area contributed by atoms with Crippen molar-refractivity contribution in [1.82, 2.24) is 10.2 Å². The fraction of sp³-hybridized carbons (Fsp3) is 0.909. The Morgan fingerprint density at radius 3 is 2.71 bits per heavy atom. The molecule has 1 atom stereocenters. The summed E-state index contributed by atoms with van der Waals surface area (Å²) in [6.07, 6.45) is 6.40. The van der Waals surface area contributed by atoms with Crippen molar-refractivity contribution in [1.29, 1.82) is 0 Å². The molecule has 0 aromatic carbocycles. The van der Waals surface area contributed by atoms with Crippen molar-refractivity contribution in [2.45, 2.75) is 51.1 Å². The lowest BCUT2D eigenvalue weighted by Crippen LogP contribution is -2.57. The number of nitrogens with zero attached hydrogens (tertiary/aromatic N) is 1. The maximum absolute atomic E-state index is 11.9. The van der Waals surface area contributed by atoms with E-state index in [1.165, 1.54) is 32.1 Å². The molecule has 80 valence electrons. The van der Waals surface area contributed by atoms with Crippen molar-refractivity contribution in [2.24, 2.45) is 0 Å². The molecule has 3 heteroatoms. The fourth-order valence-corrected chi connectivity index (χ4v) is 2.60. The van der Waals surface area contributed by atoms with E-state index in [2.05, 4.69) is 10.2 Å². The summed E-state index contributed by atoms with van der Waals surface area (Å²) in [4.78, 5) is 14.0. The van der Waals surface area contributed by atoms with Crippen LogP contribution in [0.4, 0.5) is 0 Å². The van der Waals surface area contributed by atoms with E-state index in [4.69, 9.17) is 0 Å². The van der Waals surface area contributed by atoms with Gasteiger partial charge in [-0.1, -0.05) is 19.3 Å². The van der Waals surface area contributed by atoms with Crippen molar-refractivity contribution < 1.29 is 4.79 Å². The highest BCUT2D eigenvalue weighted by molar-refractivity contribution is 5.82. The Morgan fingerprint density at radius 1 is 1.29 bits per heavy atom. The smallest absolute Gasteiger partial charge is 0.239 e. The zero-order valence-electron chi connectivity index (χ0n) is 8.96. The molecule has 1 N–H and O–H groups in total. The molecule has 14 heavy (non-hydrogen) atoms. The third-order valence-electron chi connectivity index (χ3n) is 3.47. The number of amides is 1. The third kappa shape index (κ3) is 1.92. The van der Waals surface area contributed by atoms with E-state index < -0.39 is 0 Å². The Balaban J connectivity index is 1.97. The van der Waals surface area contributed by atoms with Crippen LogP contribution in [0.15, 0.2) is 0 Å². The van der Waals surface area contributed by atoms with Crippen LogP contribution >= 0.6 is 0 Å². The SMILES string of the molecule is CC1NCCN(C2CCCCC2)C1=O. The molecule has 2 aliphatic rings. The van der Waals surface area contributed by atoms with Gasteiger partial charge in [-0.15, -0.1) is 0 Å². The number of hydrogen-bond acceptors (Lipinski definition) is 2. The molecule has 0 spiro atoms. The van der Waals surface area contributed by atoms with Gasteiger partial charge in [-0.3, -0.25) is 4.79 Å². The van der Waals surface area contributed by atoms with Crippen LogP contribution in [-0.4, -0.2) is 36.0 Å². The largest absolute Gasteiger partial charge is 0.337 e. The molecule has 0 radical (unpaired) electrons. The topological polar surface area (TPSA) is 32.3 Å². The Hall–Kier alpha value is -0.570. The van der Waals surface area contributed by atoms with Crippen molar-refractivity contribution in [3.05, 3.63) is 0 Å². The van der Waals surface area contributed by atoms with Gasteiger partial charge in [0.1, 0.15) is 0 Å². The molecular weight excluding hydrogens is 176 g/mol. The molecule has 1 aliphatic heterocycles. The molecule has 3 nitrogen and oxygen atoms in total. The molecular formula is C11H20N2O. The molecule has 0 bridgehead atoms. The van der Waals surface area contributed by atoms with E-state index in [1.54, 1.807) is 0 Å². The third-order valence-corrected chi connectivity index (χ3v) is 3.47. The molecule has 2 rings (SSSR count). The van der Waals surface area contributed by atoms with Crippen LogP contribution in [0.1, 0.15) is 39.0 Å². The molecule has 0 aromatic heterocycles. The minimum atomic E-state index is 0.0330. The average molecular weight is 196 g/mol. The van der Waals surface area contributed by atoms with E-state index in [1.807, 2.05) is 6.92 Å². The normalized spacial score (nSPS) is 30.8. The van der Waals surface area contributed by atoms with Crippen LogP contribution in [0.3, 0.4) is 0 Å². The second-order valence-corrected chi connectivity index (χ2v) is 4.50. The molecule has 1 saturated carbocycles. The van der Waals surface area contributed by atoms with E-state index in [0.717, 1.165) is 13.1 Å². The van der Waals surface area contributed by atoms with Crippen LogP contribution in [0.5, 0.6) is 0 Å². The summed E-state index contributed by atoms with van der Waals surface area (Å²) in [6.45, 7) is 3.84. The first-order valence-corrected chi connectivity index (χ1v) is 5.83. The number of rotatable bonds is 1. The quantitative estimate of drug-likeness (QED) is 0.682. The number of nitrogens with one attached hydrogen (secondary N) is 1. The van der Waals surface area contributed by atoms with Gasteiger partial charge in [0.2, 0.25) is 5.91 Å². The van der Waals surface area contributed by atoms with Crippen molar-refractivity contribution in [3.8, 4) is 0 Å². The summed E-state index contributed by atoms with van der Waals surface area (Å²) in [5.41, 5.74) is 0. The summed E-state index contributed by atoms with van der Waals surface area (Å²) in [5.74, 6) is 0.308. The van der Waals surface area contributed by atoms with Crippen LogP contribution < -0.4 is 5.32 Å². The molecule has 1 unspecified atom stereocenters. The summed E-state index contributed by atoms with van der Waals surface area (Å²) < 4.78 is 0. The summed E-state index contributed by atoms with van der Waals surface area (Å²) in [6, 6.07) is 0.575. The number of piperazine rings is 1. The Labute approximate surface area is 85.8 Å². The first kappa shape index (κ1) is 9.97. The summed E-state index contributed by atoms with van der Waals surface area (Å²) >= 11 is 0. The Bertz CT molecular complexity index is 211. The lowest BCUT2D eigenvalue weighted by Gasteiger charge is -2.39. The van der Waals surface area contributed by atoms with Gasteiger partial charge in [0.15, 0.2) is 0 Å². The molecule has 1 saturated heterocycles. The van der Waals surface area contributed by atoms with Gasteiger partial charge in [-0.2, -0.15) is 0 Å². The minimum absolute atomic E-state index is 0.0330. The highest BCUT2D eigenvalue weighted by atomic mass is 16.2. The number of hydrogen-bond donors (Lipinski definition) is 1. The predicted octanol–water partition coefficient (Wildman–Crippen LogP) is 1.14. The summed E-state index contributed by atoms with van der Waals surface area (Å²) in [5, 5.41) is 3.21. The van der Waals surface area contributed by atoms with Gasteiger partial charge in [0, 0.05) is 19.1 Å². The first-order valence-electron chi connectivity index (χ1n) is 5.83. The highest BCUT2D eigenvalue weighted by Crippen LogP contribution is 2.23. The molecule has 1 amide bonds. The molecule has 1 heterocycles. The lowest BCUT2D eigenvalue weighted by atomic mass is 9.93. The zero-order valence-corrected chi connectivity index (χ0v) is 8.96. The highest BCUT2D eigenvalue weighted by Gasteiger charge is 2.30. The average Bonchev–Trinajstić information content (AvgIpc) is 2.23. The maximum atomic E-state index is 11.9. The number of carbonyl (C=O) groups excluding carboxylic acids is 1. The molecule has 1 aliphatic carbocycles. The lowest BCUT2D eigenvalue weighted by molar-refractivity contribution is -0.138. The monoisotopic (exact) mass is 196 g/mol. The molecule has 0 aromatic rings. The minimum Gasteiger partial charge on any atom is -0.337 e. The fourth-order valence-electron chi connectivity index (χ4n) is 2.60. The van der Waals surface area contributed by atoms with Crippen LogP contribution in [0.25, 0.3) is 0 Å². The van der Waals surface area contributed by atoms with E-state index in [9.17, 15) is 4.79 Å². The van der Waals surface area contributed by atoms with Crippen LogP contribution in [0, 0.1) is 0 Å². The van der Waals surface area contributed by atoms with Gasteiger partial charge in [-0.05, 0) is 19.8 Å². The first-order chi connectivity index (χ1) is 6.79. The summed E-state index contributed by atoms with van der Waals surface area (Å²) in [7, 11) is 0. The van der Waals surface area contributed by atoms with Gasteiger partial charge < -0.3 is 10.2 Å². The zero-order chi connectivity index (χ0) is 9.97.